The van der Waals surface area contributed by atoms with E-state index in [2.05, 4.69) is 0 Å². The highest BCUT2D eigenvalue weighted by Gasteiger charge is 2.52. The number of hydrogen-bond acceptors (Lipinski definition) is 3. The molecule has 3 atom stereocenters. The van der Waals surface area contributed by atoms with Gasteiger partial charge in [0.25, 0.3) is 0 Å². The molecule has 0 radical (unpaired) electrons. The number of fused-ring (bicyclic) bond motifs is 1. The molecule has 2 aliphatic rings. The summed E-state index contributed by atoms with van der Waals surface area (Å²) in [5, 5.41) is 9.85. The first-order chi connectivity index (χ1) is 7.81. The molecule has 1 saturated carbocycles. The van der Waals surface area contributed by atoms with Gasteiger partial charge in [-0.3, -0.25) is 9.59 Å². The molecule has 0 aromatic carbocycles. The number of likely N-dealkylation sites (tertiary alicyclic amines) is 1. The predicted octanol–water partition coefficient (Wildman–Crippen LogP) is 0.973. The third-order valence-electron chi connectivity index (χ3n) is 3.88. The van der Waals surface area contributed by atoms with E-state index in [9.17, 15) is 14.7 Å². The summed E-state index contributed by atoms with van der Waals surface area (Å²) in [4.78, 5) is 25.6. The quantitative estimate of drug-likeness (QED) is 0.798. The molecule has 0 aromatic rings. The summed E-state index contributed by atoms with van der Waals surface area (Å²) < 4.78 is 0. The fourth-order valence-electron chi connectivity index (χ4n) is 3.37. The first-order valence-electron chi connectivity index (χ1n) is 6.34. The van der Waals surface area contributed by atoms with E-state index in [0.29, 0.717) is 0 Å². The van der Waals surface area contributed by atoms with Crippen LogP contribution in [0.15, 0.2) is 0 Å². The summed E-state index contributed by atoms with van der Waals surface area (Å²) in [5.74, 6) is 0.320. The number of amides is 1. The molecule has 0 bridgehead atoms. The van der Waals surface area contributed by atoms with Gasteiger partial charge in [-0.1, -0.05) is 6.42 Å². The Bertz CT molecular complexity index is 345. The highest BCUT2D eigenvalue weighted by atomic mass is 16.3. The summed E-state index contributed by atoms with van der Waals surface area (Å²) >= 11 is 0. The fraction of sp³-hybridized carbons (Fsp3) is 0.846. The maximum atomic E-state index is 12.2. The Labute approximate surface area is 102 Å². The van der Waals surface area contributed by atoms with Crippen LogP contribution < -0.4 is 0 Å². The standard InChI is InChI=1S/C13H21NO3/c1-8(15)11-9-5-4-6-10(9)12(16)14(11)7-13(2,3)17/h9-11,17H,4-7H2,1-3H3/t9-,10-,11+/m0/s1. The lowest BCUT2D eigenvalue weighted by molar-refractivity contribution is -0.138. The second-order valence-electron chi connectivity index (χ2n) is 6.04. The molecule has 17 heavy (non-hydrogen) atoms. The lowest BCUT2D eigenvalue weighted by atomic mass is 9.91. The van der Waals surface area contributed by atoms with Crippen LogP contribution in [0, 0.1) is 11.8 Å². The van der Waals surface area contributed by atoms with E-state index in [1.807, 2.05) is 0 Å². The van der Waals surface area contributed by atoms with Crippen molar-refractivity contribution in [3.63, 3.8) is 0 Å². The number of aliphatic hydroxyl groups is 1. The average Bonchev–Trinajstić information content (AvgIpc) is 2.68. The maximum absolute atomic E-state index is 12.2. The maximum Gasteiger partial charge on any atom is 0.226 e. The van der Waals surface area contributed by atoms with E-state index in [0.717, 1.165) is 19.3 Å². The first-order valence-corrected chi connectivity index (χ1v) is 6.34. The zero-order chi connectivity index (χ0) is 12.8. The summed E-state index contributed by atoms with van der Waals surface area (Å²) in [6.07, 6.45) is 2.90. The van der Waals surface area contributed by atoms with Gasteiger partial charge in [0.2, 0.25) is 5.91 Å². The van der Waals surface area contributed by atoms with Crippen LogP contribution in [0.25, 0.3) is 0 Å². The van der Waals surface area contributed by atoms with Crippen molar-refractivity contribution in [1.82, 2.24) is 4.90 Å². The smallest absolute Gasteiger partial charge is 0.226 e. The Morgan fingerprint density at radius 3 is 2.65 bits per heavy atom. The number of Topliss-reactive ketones (excluding diaryl/α,β-unsaturated/α-hetero) is 1. The van der Waals surface area contributed by atoms with Crippen molar-refractivity contribution in [1.29, 1.82) is 0 Å². The molecule has 4 nitrogen and oxygen atoms in total. The number of rotatable bonds is 3. The van der Waals surface area contributed by atoms with Crippen LogP contribution in [0.3, 0.4) is 0 Å². The van der Waals surface area contributed by atoms with Crippen molar-refractivity contribution in [2.75, 3.05) is 6.54 Å². The Morgan fingerprint density at radius 1 is 1.47 bits per heavy atom. The molecular weight excluding hydrogens is 218 g/mol. The minimum atomic E-state index is -0.942. The molecule has 0 aromatic heterocycles. The average molecular weight is 239 g/mol. The summed E-state index contributed by atoms with van der Waals surface area (Å²) in [6, 6.07) is -0.304. The van der Waals surface area contributed by atoms with Crippen LogP contribution in [-0.4, -0.2) is 39.9 Å². The lowest BCUT2D eigenvalue weighted by Crippen LogP contribution is -2.47. The van der Waals surface area contributed by atoms with Gasteiger partial charge in [0.1, 0.15) is 0 Å². The minimum absolute atomic E-state index is 0.0197. The largest absolute Gasteiger partial charge is 0.389 e. The van der Waals surface area contributed by atoms with Crippen molar-refractivity contribution in [3.8, 4) is 0 Å². The SMILES string of the molecule is CC(=O)[C@@H]1[C@H]2CCC[C@@H]2C(=O)N1CC(C)(C)O. The second kappa shape index (κ2) is 4.09. The van der Waals surface area contributed by atoms with E-state index >= 15 is 0 Å². The molecule has 2 rings (SSSR count). The number of β-amino-alcohol motifs (C(OH)–C–C–N with tert-alkyl or cyclic N) is 1. The van der Waals surface area contributed by atoms with Gasteiger partial charge < -0.3 is 10.0 Å². The molecular formula is C13H21NO3. The summed E-state index contributed by atoms with van der Waals surface area (Å²) in [7, 11) is 0. The van der Waals surface area contributed by atoms with Crippen LogP contribution in [0.1, 0.15) is 40.0 Å². The van der Waals surface area contributed by atoms with E-state index in [1.165, 1.54) is 0 Å². The molecule has 1 aliphatic carbocycles. The molecule has 1 saturated heterocycles. The molecule has 4 heteroatoms. The van der Waals surface area contributed by atoms with Crippen molar-refractivity contribution in [2.24, 2.45) is 11.8 Å². The summed E-state index contributed by atoms with van der Waals surface area (Å²) in [5.41, 5.74) is -0.942. The Kier molecular flexibility index (Phi) is 3.02. The van der Waals surface area contributed by atoms with Crippen LogP contribution in [0.4, 0.5) is 0 Å². The minimum Gasteiger partial charge on any atom is -0.389 e. The van der Waals surface area contributed by atoms with Gasteiger partial charge in [-0.2, -0.15) is 0 Å². The zero-order valence-electron chi connectivity index (χ0n) is 10.8. The van der Waals surface area contributed by atoms with Gasteiger partial charge in [-0.15, -0.1) is 0 Å². The molecule has 0 unspecified atom stereocenters. The van der Waals surface area contributed by atoms with E-state index < -0.39 is 5.60 Å². The predicted molar refractivity (Wildman–Crippen MR) is 63.3 cm³/mol. The number of nitrogens with zero attached hydrogens (tertiary/aromatic N) is 1. The van der Waals surface area contributed by atoms with E-state index in [4.69, 9.17) is 0 Å². The van der Waals surface area contributed by atoms with Crippen molar-refractivity contribution >= 4 is 11.7 Å². The fourth-order valence-corrected chi connectivity index (χ4v) is 3.37. The second-order valence-corrected chi connectivity index (χ2v) is 6.04. The van der Waals surface area contributed by atoms with Crippen LogP contribution in [0.2, 0.25) is 0 Å². The molecule has 1 aliphatic heterocycles. The van der Waals surface area contributed by atoms with Crippen molar-refractivity contribution in [3.05, 3.63) is 0 Å². The third-order valence-corrected chi connectivity index (χ3v) is 3.88. The number of ketones is 1. The Balaban J connectivity index is 2.24. The lowest BCUT2D eigenvalue weighted by Gasteiger charge is -2.31. The number of carbonyl (C=O) groups is 2. The van der Waals surface area contributed by atoms with Gasteiger partial charge in [0, 0.05) is 12.5 Å². The van der Waals surface area contributed by atoms with Gasteiger partial charge in [0.05, 0.1) is 11.6 Å². The highest BCUT2D eigenvalue weighted by molar-refractivity contribution is 5.93. The summed E-state index contributed by atoms with van der Waals surface area (Å²) in [6.45, 7) is 5.15. The Hall–Kier alpha value is -0.900. The zero-order valence-corrected chi connectivity index (χ0v) is 10.8. The van der Waals surface area contributed by atoms with Gasteiger partial charge in [0.15, 0.2) is 5.78 Å². The molecule has 1 heterocycles. The van der Waals surface area contributed by atoms with Crippen molar-refractivity contribution in [2.45, 2.75) is 51.7 Å². The van der Waals surface area contributed by atoms with Gasteiger partial charge in [-0.25, -0.2) is 0 Å². The normalized spacial score (nSPS) is 33.1. The Morgan fingerprint density at radius 2 is 2.12 bits per heavy atom. The molecule has 2 fully saturated rings. The number of carbonyl (C=O) groups excluding carboxylic acids is 2. The van der Waals surface area contributed by atoms with Gasteiger partial charge in [-0.05, 0) is 39.5 Å². The number of hydrogen-bond donors (Lipinski definition) is 1. The molecule has 1 N–H and O–H groups in total. The topological polar surface area (TPSA) is 57.6 Å². The van der Waals surface area contributed by atoms with Crippen LogP contribution in [-0.2, 0) is 9.59 Å². The monoisotopic (exact) mass is 239 g/mol. The van der Waals surface area contributed by atoms with E-state index in [-0.39, 0.29) is 36.1 Å². The van der Waals surface area contributed by atoms with Crippen molar-refractivity contribution < 1.29 is 14.7 Å². The molecule has 96 valence electrons. The van der Waals surface area contributed by atoms with Crippen LogP contribution >= 0.6 is 0 Å². The van der Waals surface area contributed by atoms with Gasteiger partial charge >= 0.3 is 0 Å². The third kappa shape index (κ3) is 2.23. The molecule has 1 amide bonds. The van der Waals surface area contributed by atoms with Crippen LogP contribution in [0.5, 0.6) is 0 Å². The molecule has 0 spiro atoms. The first kappa shape index (κ1) is 12.6. The highest BCUT2D eigenvalue weighted by Crippen LogP contribution is 2.43. The van der Waals surface area contributed by atoms with E-state index in [1.54, 1.807) is 25.7 Å².